The monoisotopic (exact) mass is 237 g/mol. The van der Waals surface area contributed by atoms with Crippen molar-refractivity contribution in [2.75, 3.05) is 19.0 Å². The third-order valence-electron chi connectivity index (χ3n) is 3.01. The van der Waals surface area contributed by atoms with Crippen LogP contribution in [0.15, 0.2) is 18.2 Å². The van der Waals surface area contributed by atoms with Gasteiger partial charge >= 0.3 is 0 Å². The van der Waals surface area contributed by atoms with Crippen LogP contribution in [0.5, 0.6) is 5.75 Å². The van der Waals surface area contributed by atoms with Gasteiger partial charge in [0.2, 0.25) is 0 Å². The summed E-state index contributed by atoms with van der Waals surface area (Å²) in [7, 11) is 1.66. The lowest BCUT2D eigenvalue weighted by atomic mass is 10.0. The number of benzene rings is 1. The lowest BCUT2D eigenvalue weighted by Gasteiger charge is -2.23. The number of methoxy groups -OCH3 is 1. The topological polar surface area (TPSA) is 41.5 Å². The number of anilines is 1. The summed E-state index contributed by atoms with van der Waals surface area (Å²) in [6.45, 7) is 6.42. The van der Waals surface area contributed by atoms with Gasteiger partial charge in [-0.05, 0) is 30.0 Å². The number of ether oxygens (including phenoxy) is 1. The second-order valence-corrected chi connectivity index (χ2v) is 4.57. The van der Waals surface area contributed by atoms with E-state index in [1.807, 2.05) is 6.07 Å². The lowest BCUT2D eigenvalue weighted by Crippen LogP contribution is -2.29. The van der Waals surface area contributed by atoms with E-state index in [-0.39, 0.29) is 12.6 Å². The largest absolute Gasteiger partial charge is 0.495 e. The van der Waals surface area contributed by atoms with Gasteiger partial charge in [0.1, 0.15) is 5.75 Å². The summed E-state index contributed by atoms with van der Waals surface area (Å²) in [5, 5.41) is 12.7. The van der Waals surface area contributed by atoms with E-state index < -0.39 is 0 Å². The van der Waals surface area contributed by atoms with Crippen LogP contribution in [0.1, 0.15) is 26.3 Å². The smallest absolute Gasteiger partial charge is 0.141 e. The van der Waals surface area contributed by atoms with E-state index in [9.17, 15) is 5.11 Å². The molecule has 0 aromatic heterocycles. The van der Waals surface area contributed by atoms with Gasteiger partial charge in [-0.1, -0.05) is 26.8 Å². The third kappa shape index (κ3) is 3.63. The van der Waals surface area contributed by atoms with Crippen molar-refractivity contribution in [3.63, 3.8) is 0 Å². The average Bonchev–Trinajstić information content (AvgIpc) is 2.35. The summed E-state index contributed by atoms with van der Waals surface area (Å²) in [6.07, 6.45) is 0.990. The number of hydrogen-bond donors (Lipinski definition) is 2. The molecular weight excluding hydrogens is 214 g/mol. The molecule has 0 saturated carbocycles. The van der Waals surface area contributed by atoms with Gasteiger partial charge < -0.3 is 15.2 Å². The Morgan fingerprint density at radius 3 is 2.53 bits per heavy atom. The Morgan fingerprint density at radius 2 is 2.06 bits per heavy atom. The molecule has 0 bridgehead atoms. The van der Waals surface area contributed by atoms with Crippen LogP contribution in [0.25, 0.3) is 0 Å². The van der Waals surface area contributed by atoms with Gasteiger partial charge in [-0.25, -0.2) is 0 Å². The molecular formula is C14H23NO2. The van der Waals surface area contributed by atoms with Crippen LogP contribution in [0.3, 0.4) is 0 Å². The zero-order valence-corrected chi connectivity index (χ0v) is 11.2. The van der Waals surface area contributed by atoms with E-state index in [1.165, 1.54) is 5.56 Å². The molecule has 0 saturated heterocycles. The number of aliphatic hydroxyl groups is 1. The summed E-state index contributed by atoms with van der Waals surface area (Å²) in [4.78, 5) is 0. The van der Waals surface area contributed by atoms with Crippen molar-refractivity contribution in [1.29, 1.82) is 0 Å². The standard InChI is InChI=1S/C14H23NO2/c1-5-11-6-7-14(17-4)12(8-11)15-13(9-16)10(2)3/h6-8,10,13,15-16H,5,9H2,1-4H3. The number of rotatable bonds is 6. The average molecular weight is 237 g/mol. The minimum atomic E-state index is 0.0519. The molecule has 0 aliphatic rings. The molecule has 0 amide bonds. The van der Waals surface area contributed by atoms with Gasteiger partial charge in [-0.15, -0.1) is 0 Å². The molecule has 0 heterocycles. The maximum absolute atomic E-state index is 9.34. The van der Waals surface area contributed by atoms with Crippen LogP contribution in [0.4, 0.5) is 5.69 Å². The van der Waals surface area contributed by atoms with Gasteiger partial charge in [0.15, 0.2) is 0 Å². The van der Waals surface area contributed by atoms with Gasteiger partial charge in [0.05, 0.1) is 25.4 Å². The molecule has 2 N–H and O–H groups in total. The molecule has 1 aromatic carbocycles. The van der Waals surface area contributed by atoms with Crippen molar-refractivity contribution >= 4 is 5.69 Å². The molecule has 1 unspecified atom stereocenters. The fraction of sp³-hybridized carbons (Fsp3) is 0.571. The van der Waals surface area contributed by atoms with Crippen molar-refractivity contribution < 1.29 is 9.84 Å². The fourth-order valence-corrected chi connectivity index (χ4v) is 1.71. The van der Waals surface area contributed by atoms with Crippen molar-refractivity contribution in [1.82, 2.24) is 0 Å². The normalized spacial score (nSPS) is 12.6. The van der Waals surface area contributed by atoms with Crippen molar-refractivity contribution in [2.45, 2.75) is 33.2 Å². The molecule has 0 fully saturated rings. The first kappa shape index (κ1) is 13.8. The quantitative estimate of drug-likeness (QED) is 0.799. The zero-order chi connectivity index (χ0) is 12.8. The van der Waals surface area contributed by atoms with Crippen LogP contribution in [-0.2, 0) is 6.42 Å². The highest BCUT2D eigenvalue weighted by atomic mass is 16.5. The Bertz CT molecular complexity index is 350. The van der Waals surface area contributed by atoms with Crippen molar-refractivity contribution in [2.24, 2.45) is 5.92 Å². The first-order valence-electron chi connectivity index (χ1n) is 6.16. The van der Waals surface area contributed by atoms with Crippen molar-refractivity contribution in [3.05, 3.63) is 23.8 Å². The summed E-state index contributed by atoms with van der Waals surface area (Å²) in [5.41, 5.74) is 2.22. The van der Waals surface area contributed by atoms with E-state index in [4.69, 9.17) is 4.74 Å². The summed E-state index contributed by atoms with van der Waals surface area (Å²) >= 11 is 0. The number of nitrogens with one attached hydrogen (secondary N) is 1. The van der Waals surface area contributed by atoms with Gasteiger partial charge in [0, 0.05) is 0 Å². The summed E-state index contributed by atoms with van der Waals surface area (Å²) in [5.74, 6) is 1.19. The van der Waals surface area contributed by atoms with Crippen molar-refractivity contribution in [3.8, 4) is 5.75 Å². The number of aliphatic hydroxyl groups excluding tert-OH is 1. The maximum atomic E-state index is 9.34. The fourth-order valence-electron chi connectivity index (χ4n) is 1.71. The third-order valence-corrected chi connectivity index (χ3v) is 3.01. The second kappa shape index (κ2) is 6.50. The van der Waals surface area contributed by atoms with Gasteiger partial charge in [-0.2, -0.15) is 0 Å². The predicted octanol–water partition coefficient (Wildman–Crippen LogP) is 2.69. The first-order chi connectivity index (χ1) is 8.12. The molecule has 96 valence electrons. The Morgan fingerprint density at radius 1 is 1.35 bits per heavy atom. The van der Waals surface area contributed by atoms with E-state index in [0.29, 0.717) is 5.92 Å². The van der Waals surface area contributed by atoms with E-state index in [1.54, 1.807) is 7.11 Å². The second-order valence-electron chi connectivity index (χ2n) is 4.57. The molecule has 1 aromatic rings. The lowest BCUT2D eigenvalue weighted by molar-refractivity contribution is 0.249. The maximum Gasteiger partial charge on any atom is 0.141 e. The molecule has 0 spiro atoms. The number of aryl methyl sites for hydroxylation is 1. The van der Waals surface area contributed by atoms with Gasteiger partial charge in [0.25, 0.3) is 0 Å². The Kier molecular flexibility index (Phi) is 5.29. The highest BCUT2D eigenvalue weighted by Crippen LogP contribution is 2.27. The van der Waals surface area contributed by atoms with Crippen LogP contribution in [0.2, 0.25) is 0 Å². The van der Waals surface area contributed by atoms with Crippen LogP contribution in [0, 0.1) is 5.92 Å². The molecule has 1 atom stereocenters. The zero-order valence-electron chi connectivity index (χ0n) is 11.2. The number of hydrogen-bond acceptors (Lipinski definition) is 3. The predicted molar refractivity (Wildman–Crippen MR) is 71.7 cm³/mol. The van der Waals surface area contributed by atoms with Gasteiger partial charge in [-0.3, -0.25) is 0 Å². The van der Waals surface area contributed by atoms with E-state index in [2.05, 4.69) is 38.2 Å². The SMILES string of the molecule is CCc1ccc(OC)c(NC(CO)C(C)C)c1. The first-order valence-corrected chi connectivity index (χ1v) is 6.16. The summed E-state index contributed by atoms with van der Waals surface area (Å²) < 4.78 is 5.33. The summed E-state index contributed by atoms with van der Waals surface area (Å²) in [6, 6.07) is 6.17. The minimum absolute atomic E-state index is 0.0519. The minimum Gasteiger partial charge on any atom is -0.495 e. The Labute approximate surface area is 104 Å². The van der Waals surface area contributed by atoms with Crippen LogP contribution < -0.4 is 10.1 Å². The molecule has 0 radical (unpaired) electrons. The van der Waals surface area contributed by atoms with Crippen LogP contribution in [-0.4, -0.2) is 24.9 Å². The molecule has 1 rings (SSSR count). The molecule has 17 heavy (non-hydrogen) atoms. The van der Waals surface area contributed by atoms with Crippen LogP contribution >= 0.6 is 0 Å². The highest BCUT2D eigenvalue weighted by molar-refractivity contribution is 5.58. The Balaban J connectivity index is 2.93. The van der Waals surface area contributed by atoms with E-state index in [0.717, 1.165) is 17.9 Å². The van der Waals surface area contributed by atoms with E-state index >= 15 is 0 Å². The highest BCUT2D eigenvalue weighted by Gasteiger charge is 2.14. The molecule has 3 heteroatoms. The molecule has 0 aliphatic heterocycles. The molecule has 3 nitrogen and oxygen atoms in total. The molecule has 0 aliphatic carbocycles. The Hall–Kier alpha value is -1.22.